The molecule has 0 aliphatic rings. The molecule has 0 saturated heterocycles. The van der Waals surface area contributed by atoms with Gasteiger partial charge in [0.1, 0.15) is 0 Å². The van der Waals surface area contributed by atoms with Crippen LogP contribution in [0.3, 0.4) is 0 Å². The van der Waals surface area contributed by atoms with E-state index in [4.69, 9.17) is 10.0 Å². The van der Waals surface area contributed by atoms with Crippen molar-refractivity contribution in [2.45, 2.75) is 0 Å². The molecule has 1 aromatic carbocycles. The van der Waals surface area contributed by atoms with E-state index in [2.05, 4.69) is 0 Å². The summed E-state index contributed by atoms with van der Waals surface area (Å²) in [7, 11) is -1.33. The maximum atomic E-state index is 8.68. The molecule has 0 unspecified atom stereocenters. The molecule has 48 valence electrons. The van der Waals surface area contributed by atoms with Gasteiger partial charge >= 0.3 is 80.2 Å². The molecule has 0 atom stereocenters. The zero-order valence-corrected chi connectivity index (χ0v) is 8.20. The van der Waals surface area contributed by atoms with Crippen LogP contribution in [-0.2, 0) is 31.0 Å². The predicted octanol–water partition coefficient (Wildman–Crippen LogP) is -1.46. The van der Waals surface area contributed by atoms with E-state index in [0.717, 1.165) is 31.0 Å². The van der Waals surface area contributed by atoms with E-state index in [0.29, 0.717) is 5.46 Å². The van der Waals surface area contributed by atoms with Crippen LogP contribution in [-0.4, -0.2) is 17.2 Å². The van der Waals surface area contributed by atoms with Crippen LogP contribution < -0.4 is 7.84 Å². The fraction of sp³-hybridized carbons (Fsp3) is 0. The van der Waals surface area contributed by atoms with Crippen LogP contribution in [0.5, 0.6) is 0 Å². The van der Waals surface area contributed by atoms with Gasteiger partial charge in [-0.1, -0.05) is 0 Å². The van der Waals surface area contributed by atoms with E-state index in [1.165, 1.54) is 2.37 Å². The van der Waals surface area contributed by atoms with Crippen LogP contribution in [0.25, 0.3) is 0 Å². The average molecular weight is 210 g/mol. The standard InChI is InChI=1S/C6H6BO2.Y/c8-7(9)6-4-2-1-3-5-6;/h2-5,8-9H;. The third kappa shape index (κ3) is 2.17. The summed E-state index contributed by atoms with van der Waals surface area (Å²) in [5.41, 5.74) is 0.554. The molecule has 0 aliphatic heterocycles. The molecule has 0 saturated carbocycles. The predicted molar refractivity (Wildman–Crippen MR) is 35.9 cm³/mol. The summed E-state index contributed by atoms with van der Waals surface area (Å²) >= 11 is 1.06. The van der Waals surface area contributed by atoms with Crippen LogP contribution in [0.1, 0.15) is 0 Å². The number of rotatable bonds is 1. The van der Waals surface area contributed by atoms with Crippen molar-refractivity contribution in [2.24, 2.45) is 0 Å². The molecular weight excluding hydrogens is 204 g/mol. The normalized spacial score (nSPS) is 9.30. The van der Waals surface area contributed by atoms with Gasteiger partial charge in [-0.05, 0) is 0 Å². The first-order valence-electron chi connectivity index (χ1n) is 2.92. The van der Waals surface area contributed by atoms with E-state index in [1.807, 2.05) is 12.1 Å². The van der Waals surface area contributed by atoms with E-state index in [-0.39, 0.29) is 0 Å². The first kappa shape index (κ1) is 8.41. The second-order valence-electron chi connectivity index (χ2n) is 2.04. The van der Waals surface area contributed by atoms with Gasteiger partial charge in [-0.2, -0.15) is 0 Å². The van der Waals surface area contributed by atoms with Gasteiger partial charge in [-0.25, -0.2) is 0 Å². The average Bonchev–Trinajstić information content (AvgIpc) is 1.88. The Morgan fingerprint density at radius 1 is 1.10 bits per heavy atom. The molecule has 0 spiro atoms. The molecule has 1 aromatic rings. The Labute approximate surface area is 79.8 Å². The summed E-state index contributed by atoms with van der Waals surface area (Å²) < 4.78 is 1.25. The summed E-state index contributed by atoms with van der Waals surface area (Å²) in [6.45, 7) is 0. The third-order valence-electron chi connectivity index (χ3n) is 1.23. The molecule has 0 radical (unpaired) electrons. The Balaban J connectivity index is 2.89. The van der Waals surface area contributed by atoms with Crippen molar-refractivity contribution in [3.63, 3.8) is 0 Å². The summed E-state index contributed by atoms with van der Waals surface area (Å²) in [5.74, 6) is 0. The summed E-state index contributed by atoms with van der Waals surface area (Å²) in [5, 5.41) is 17.4. The molecule has 0 amide bonds. The zero-order chi connectivity index (χ0) is 7.56. The van der Waals surface area contributed by atoms with E-state index in [9.17, 15) is 0 Å². The van der Waals surface area contributed by atoms with E-state index >= 15 is 0 Å². The summed E-state index contributed by atoms with van der Waals surface area (Å²) in [6, 6.07) is 7.25. The van der Waals surface area contributed by atoms with Crippen LogP contribution in [0.2, 0.25) is 0 Å². The van der Waals surface area contributed by atoms with Gasteiger partial charge in [-0.3, -0.25) is 0 Å². The topological polar surface area (TPSA) is 40.5 Å². The van der Waals surface area contributed by atoms with Crippen molar-refractivity contribution in [2.75, 3.05) is 0 Å². The summed E-state index contributed by atoms with van der Waals surface area (Å²) in [6.07, 6.45) is 0. The Kier molecular flexibility index (Phi) is 3.05. The van der Waals surface area contributed by atoms with Gasteiger partial charge < -0.3 is 0 Å². The van der Waals surface area contributed by atoms with Crippen LogP contribution in [0.15, 0.2) is 24.3 Å². The molecule has 0 bridgehead atoms. The van der Waals surface area contributed by atoms with Crippen LogP contribution >= 0.6 is 0 Å². The van der Waals surface area contributed by atoms with Crippen LogP contribution in [0, 0.1) is 0 Å². The second-order valence-corrected chi connectivity index (χ2v) is 3.68. The Hall–Kier alpha value is 0.309. The molecule has 2 N–H and O–H groups in total. The van der Waals surface area contributed by atoms with E-state index < -0.39 is 7.12 Å². The van der Waals surface area contributed by atoms with E-state index in [1.54, 1.807) is 12.1 Å². The van der Waals surface area contributed by atoms with Gasteiger partial charge in [-0.15, -0.1) is 0 Å². The van der Waals surface area contributed by atoms with Crippen molar-refractivity contribution in [3.05, 3.63) is 24.3 Å². The molecular formula is C6H6BO2Y. The van der Waals surface area contributed by atoms with Crippen LogP contribution in [0.4, 0.5) is 0 Å². The molecule has 1 rings (SSSR count). The summed E-state index contributed by atoms with van der Waals surface area (Å²) in [4.78, 5) is 0. The van der Waals surface area contributed by atoms with Gasteiger partial charge in [0.2, 0.25) is 0 Å². The fourth-order valence-electron chi connectivity index (χ4n) is 0.668. The number of hydrogen-bond donors (Lipinski definition) is 2. The zero-order valence-electron chi connectivity index (χ0n) is 5.36. The molecule has 0 fully saturated rings. The Bertz CT molecular complexity index is 209. The molecule has 0 heterocycles. The molecule has 0 aromatic heterocycles. The molecule has 10 heavy (non-hydrogen) atoms. The third-order valence-corrected chi connectivity index (χ3v) is 2.18. The Morgan fingerprint density at radius 2 is 1.60 bits per heavy atom. The second kappa shape index (κ2) is 3.63. The SMILES string of the molecule is OB(O)c1cc[c]([Y])cc1. The first-order valence-corrected chi connectivity index (χ1v) is 4.33. The van der Waals surface area contributed by atoms with Gasteiger partial charge in [0.15, 0.2) is 0 Å². The monoisotopic (exact) mass is 210 g/mol. The van der Waals surface area contributed by atoms with Crippen molar-refractivity contribution < 1.29 is 41.0 Å². The van der Waals surface area contributed by atoms with Gasteiger partial charge in [0.05, 0.1) is 0 Å². The minimum atomic E-state index is -1.33. The van der Waals surface area contributed by atoms with Gasteiger partial charge in [0, 0.05) is 0 Å². The van der Waals surface area contributed by atoms with Crippen molar-refractivity contribution >= 4 is 15.0 Å². The van der Waals surface area contributed by atoms with Crippen molar-refractivity contribution in [1.29, 1.82) is 0 Å². The molecule has 0 aliphatic carbocycles. The fourth-order valence-corrected chi connectivity index (χ4v) is 1.14. The molecule has 4 heteroatoms. The van der Waals surface area contributed by atoms with Crippen molar-refractivity contribution in [3.8, 4) is 0 Å². The number of hydrogen-bond acceptors (Lipinski definition) is 2. The minimum absolute atomic E-state index is 0.554. The first-order chi connectivity index (χ1) is 4.70. The molecule has 2 nitrogen and oxygen atoms in total. The number of benzene rings is 1. The van der Waals surface area contributed by atoms with Gasteiger partial charge in [0.25, 0.3) is 0 Å². The quantitative estimate of drug-likeness (QED) is 0.556. The Morgan fingerprint density at radius 3 is 2.00 bits per heavy atom. The van der Waals surface area contributed by atoms with Crippen molar-refractivity contribution in [1.82, 2.24) is 0 Å². The maximum absolute atomic E-state index is 8.68.